The van der Waals surface area contributed by atoms with Crippen LogP contribution in [0, 0.1) is 6.92 Å². The van der Waals surface area contributed by atoms with Crippen LogP contribution in [-0.2, 0) is 0 Å². The van der Waals surface area contributed by atoms with Crippen molar-refractivity contribution in [3.05, 3.63) is 24.0 Å². The van der Waals surface area contributed by atoms with Crippen molar-refractivity contribution in [3.8, 4) is 5.75 Å². The summed E-state index contributed by atoms with van der Waals surface area (Å²) < 4.78 is 5.81. The molecule has 0 radical (unpaired) electrons. The molecule has 1 aliphatic rings. The van der Waals surface area contributed by atoms with Gasteiger partial charge in [-0.15, -0.1) is 24.8 Å². The number of aryl methyl sites for hydroxylation is 1. The van der Waals surface area contributed by atoms with E-state index in [4.69, 9.17) is 4.74 Å². The average Bonchev–Trinajstić information content (AvgIpc) is 2.23. The van der Waals surface area contributed by atoms with Gasteiger partial charge in [0.15, 0.2) is 0 Å². The van der Waals surface area contributed by atoms with Crippen LogP contribution in [0.1, 0.15) is 18.5 Å². The number of halogens is 2. The average molecular weight is 265 g/mol. The minimum atomic E-state index is 0. The summed E-state index contributed by atoms with van der Waals surface area (Å²) in [4.78, 5) is 4.20. The van der Waals surface area contributed by atoms with Crippen LogP contribution in [0.4, 0.5) is 0 Å². The van der Waals surface area contributed by atoms with E-state index in [1.807, 2.05) is 19.1 Å². The van der Waals surface area contributed by atoms with Gasteiger partial charge in [0.2, 0.25) is 0 Å². The summed E-state index contributed by atoms with van der Waals surface area (Å²) in [5, 5.41) is 3.31. The lowest BCUT2D eigenvalue weighted by atomic mass is 10.1. The first-order valence-electron chi connectivity index (χ1n) is 5.14. The van der Waals surface area contributed by atoms with Gasteiger partial charge in [-0.3, -0.25) is 4.98 Å². The molecule has 0 bridgehead atoms. The Hall–Kier alpha value is -0.510. The van der Waals surface area contributed by atoms with E-state index in [9.17, 15) is 0 Å². The largest absolute Gasteiger partial charge is 0.489 e. The highest BCUT2D eigenvalue weighted by Gasteiger charge is 2.13. The number of rotatable bonds is 2. The van der Waals surface area contributed by atoms with Crippen molar-refractivity contribution >= 4 is 24.8 Å². The molecule has 1 aliphatic heterocycles. The molecule has 1 fully saturated rings. The summed E-state index contributed by atoms with van der Waals surface area (Å²) in [6.07, 6.45) is 4.35. The maximum Gasteiger partial charge on any atom is 0.138 e. The van der Waals surface area contributed by atoms with Crippen molar-refractivity contribution in [2.45, 2.75) is 25.9 Å². The van der Waals surface area contributed by atoms with Crippen LogP contribution in [0.5, 0.6) is 5.75 Å². The third-order valence-corrected chi connectivity index (χ3v) is 2.47. The molecule has 16 heavy (non-hydrogen) atoms. The third-order valence-electron chi connectivity index (χ3n) is 2.47. The molecule has 0 unspecified atom stereocenters. The zero-order chi connectivity index (χ0) is 9.80. The molecular formula is C11H18Cl2N2O. The lowest BCUT2D eigenvalue weighted by molar-refractivity contribution is 0.162. The predicted molar refractivity (Wildman–Crippen MR) is 70.0 cm³/mol. The SMILES string of the molecule is Cc1ccc(OC2CCNCC2)cn1.Cl.Cl. The monoisotopic (exact) mass is 264 g/mol. The van der Waals surface area contributed by atoms with E-state index in [0.717, 1.165) is 37.4 Å². The lowest BCUT2D eigenvalue weighted by Crippen LogP contribution is -2.34. The minimum Gasteiger partial charge on any atom is -0.489 e. The quantitative estimate of drug-likeness (QED) is 0.891. The van der Waals surface area contributed by atoms with Gasteiger partial charge in [0.05, 0.1) is 6.20 Å². The number of nitrogens with zero attached hydrogens (tertiary/aromatic N) is 1. The zero-order valence-electron chi connectivity index (χ0n) is 9.31. The maximum absolute atomic E-state index is 5.81. The molecule has 2 rings (SSSR count). The Morgan fingerprint density at radius 3 is 2.50 bits per heavy atom. The molecule has 92 valence electrons. The van der Waals surface area contributed by atoms with Gasteiger partial charge in [0.25, 0.3) is 0 Å². The smallest absolute Gasteiger partial charge is 0.138 e. The van der Waals surface area contributed by atoms with E-state index >= 15 is 0 Å². The van der Waals surface area contributed by atoms with Gasteiger partial charge in [-0.1, -0.05) is 0 Å². The summed E-state index contributed by atoms with van der Waals surface area (Å²) in [5.41, 5.74) is 1.03. The molecule has 1 saturated heterocycles. The molecular weight excluding hydrogens is 247 g/mol. The summed E-state index contributed by atoms with van der Waals surface area (Å²) in [6, 6.07) is 3.97. The van der Waals surface area contributed by atoms with Gasteiger partial charge >= 0.3 is 0 Å². The summed E-state index contributed by atoms with van der Waals surface area (Å²) in [7, 11) is 0. The first-order valence-corrected chi connectivity index (χ1v) is 5.14. The van der Waals surface area contributed by atoms with Gasteiger partial charge in [0, 0.05) is 5.69 Å². The standard InChI is InChI=1S/C11H16N2O.2ClH/c1-9-2-3-11(8-13-9)14-10-4-6-12-7-5-10;;/h2-3,8,10,12H,4-7H2,1H3;2*1H. The van der Waals surface area contributed by atoms with E-state index in [0.29, 0.717) is 6.10 Å². The van der Waals surface area contributed by atoms with Gasteiger partial charge in [0.1, 0.15) is 11.9 Å². The maximum atomic E-state index is 5.81. The first kappa shape index (κ1) is 15.5. The number of ether oxygens (including phenoxy) is 1. The Kier molecular flexibility index (Phi) is 7.47. The van der Waals surface area contributed by atoms with Crippen LogP contribution in [0.25, 0.3) is 0 Å². The Morgan fingerprint density at radius 2 is 1.94 bits per heavy atom. The van der Waals surface area contributed by atoms with Crippen molar-refractivity contribution in [1.82, 2.24) is 10.3 Å². The van der Waals surface area contributed by atoms with Crippen LogP contribution in [-0.4, -0.2) is 24.2 Å². The molecule has 2 heterocycles. The van der Waals surface area contributed by atoms with Crippen molar-refractivity contribution in [2.75, 3.05) is 13.1 Å². The number of pyridine rings is 1. The molecule has 0 atom stereocenters. The molecule has 1 N–H and O–H groups in total. The van der Waals surface area contributed by atoms with Crippen LogP contribution in [0.15, 0.2) is 18.3 Å². The first-order chi connectivity index (χ1) is 6.84. The summed E-state index contributed by atoms with van der Waals surface area (Å²) >= 11 is 0. The highest BCUT2D eigenvalue weighted by molar-refractivity contribution is 5.85. The fourth-order valence-electron chi connectivity index (χ4n) is 1.63. The van der Waals surface area contributed by atoms with Gasteiger partial charge in [-0.25, -0.2) is 0 Å². The summed E-state index contributed by atoms with van der Waals surface area (Å²) in [6.45, 7) is 4.10. The minimum absolute atomic E-state index is 0. The van der Waals surface area contributed by atoms with Crippen molar-refractivity contribution in [1.29, 1.82) is 0 Å². The Balaban J connectivity index is 0.00000112. The fraction of sp³-hybridized carbons (Fsp3) is 0.545. The van der Waals surface area contributed by atoms with Crippen LogP contribution >= 0.6 is 24.8 Å². The van der Waals surface area contributed by atoms with E-state index in [1.165, 1.54) is 0 Å². The number of hydrogen-bond donors (Lipinski definition) is 1. The molecule has 0 saturated carbocycles. The van der Waals surface area contributed by atoms with Crippen LogP contribution in [0.2, 0.25) is 0 Å². The molecule has 1 aromatic heterocycles. The second-order valence-corrected chi connectivity index (χ2v) is 3.70. The Labute approximate surface area is 109 Å². The van der Waals surface area contributed by atoms with Crippen molar-refractivity contribution in [2.24, 2.45) is 0 Å². The van der Waals surface area contributed by atoms with Gasteiger partial charge < -0.3 is 10.1 Å². The number of hydrogen-bond acceptors (Lipinski definition) is 3. The number of nitrogens with one attached hydrogen (secondary N) is 1. The topological polar surface area (TPSA) is 34.1 Å². The van der Waals surface area contributed by atoms with Gasteiger partial charge in [-0.05, 0) is 45.0 Å². The van der Waals surface area contributed by atoms with Crippen molar-refractivity contribution in [3.63, 3.8) is 0 Å². The summed E-state index contributed by atoms with van der Waals surface area (Å²) in [5.74, 6) is 0.891. The Morgan fingerprint density at radius 1 is 1.25 bits per heavy atom. The molecule has 1 aromatic rings. The Bertz CT molecular complexity index is 287. The lowest BCUT2D eigenvalue weighted by Gasteiger charge is -2.23. The molecule has 0 aliphatic carbocycles. The highest BCUT2D eigenvalue weighted by atomic mass is 35.5. The van der Waals surface area contributed by atoms with E-state index in [2.05, 4.69) is 10.3 Å². The van der Waals surface area contributed by atoms with E-state index in [-0.39, 0.29) is 24.8 Å². The molecule has 5 heteroatoms. The molecule has 0 aromatic carbocycles. The fourth-order valence-corrected chi connectivity index (χ4v) is 1.63. The molecule has 0 amide bonds. The second-order valence-electron chi connectivity index (χ2n) is 3.70. The highest BCUT2D eigenvalue weighted by Crippen LogP contribution is 2.15. The molecule has 3 nitrogen and oxygen atoms in total. The third kappa shape index (κ3) is 4.56. The van der Waals surface area contributed by atoms with Crippen molar-refractivity contribution < 1.29 is 4.74 Å². The van der Waals surface area contributed by atoms with Crippen LogP contribution < -0.4 is 10.1 Å². The van der Waals surface area contributed by atoms with E-state index < -0.39 is 0 Å². The van der Waals surface area contributed by atoms with Gasteiger partial charge in [-0.2, -0.15) is 0 Å². The second kappa shape index (κ2) is 7.71. The van der Waals surface area contributed by atoms with Crippen LogP contribution in [0.3, 0.4) is 0 Å². The predicted octanol–water partition coefficient (Wildman–Crippen LogP) is 2.36. The number of piperidine rings is 1. The van der Waals surface area contributed by atoms with E-state index in [1.54, 1.807) is 6.20 Å². The normalized spacial score (nSPS) is 15.8. The number of aromatic nitrogens is 1. The molecule has 0 spiro atoms. The zero-order valence-corrected chi connectivity index (χ0v) is 10.9.